The van der Waals surface area contributed by atoms with Crippen LogP contribution in [0.1, 0.15) is 44.7 Å². The fourth-order valence-corrected chi connectivity index (χ4v) is 3.16. The molecule has 0 aliphatic heterocycles. The number of allylic oxidation sites excluding steroid dienone is 4. The SMILES string of the molecule is C\C=C(/C=C\C(C)=C\CCC)CN=C(N)c1cc(-c2ccc(F)cc2)cc(OC)c1C. The molecule has 0 saturated heterocycles. The van der Waals surface area contributed by atoms with Crippen molar-refractivity contribution in [2.45, 2.75) is 40.5 Å². The predicted molar refractivity (Wildman–Crippen MR) is 130 cm³/mol. The maximum Gasteiger partial charge on any atom is 0.126 e. The summed E-state index contributed by atoms with van der Waals surface area (Å²) in [4.78, 5) is 4.63. The van der Waals surface area contributed by atoms with E-state index in [1.165, 1.54) is 17.7 Å². The Kier molecular flexibility index (Phi) is 9.26. The lowest BCUT2D eigenvalue weighted by Crippen LogP contribution is -2.16. The van der Waals surface area contributed by atoms with Gasteiger partial charge in [0.2, 0.25) is 0 Å². The number of rotatable bonds is 9. The van der Waals surface area contributed by atoms with Gasteiger partial charge < -0.3 is 10.5 Å². The van der Waals surface area contributed by atoms with Crippen LogP contribution >= 0.6 is 0 Å². The Bertz CT molecular complexity index is 999. The minimum absolute atomic E-state index is 0.268. The minimum atomic E-state index is -0.268. The van der Waals surface area contributed by atoms with E-state index >= 15 is 0 Å². The molecule has 0 atom stereocenters. The highest BCUT2D eigenvalue weighted by Gasteiger charge is 2.12. The van der Waals surface area contributed by atoms with Gasteiger partial charge in [-0.2, -0.15) is 0 Å². The summed E-state index contributed by atoms with van der Waals surface area (Å²) in [5, 5.41) is 0. The fraction of sp³-hybridized carbons (Fsp3) is 0.296. The lowest BCUT2D eigenvalue weighted by atomic mass is 9.98. The molecule has 31 heavy (non-hydrogen) atoms. The van der Waals surface area contributed by atoms with Crippen molar-refractivity contribution < 1.29 is 9.13 Å². The summed E-state index contributed by atoms with van der Waals surface area (Å²) in [6, 6.07) is 10.3. The van der Waals surface area contributed by atoms with Crippen LogP contribution in [-0.4, -0.2) is 19.5 Å². The summed E-state index contributed by atoms with van der Waals surface area (Å²) in [5.41, 5.74) is 12.2. The van der Waals surface area contributed by atoms with Crippen molar-refractivity contribution in [2.24, 2.45) is 10.7 Å². The highest BCUT2D eigenvalue weighted by molar-refractivity contribution is 6.00. The zero-order chi connectivity index (χ0) is 22.8. The lowest BCUT2D eigenvalue weighted by molar-refractivity contribution is 0.412. The molecule has 0 unspecified atom stereocenters. The summed E-state index contributed by atoms with van der Waals surface area (Å²) >= 11 is 0. The Morgan fingerprint density at radius 3 is 2.45 bits per heavy atom. The van der Waals surface area contributed by atoms with E-state index in [0.29, 0.717) is 12.4 Å². The van der Waals surface area contributed by atoms with Crippen molar-refractivity contribution in [1.82, 2.24) is 0 Å². The van der Waals surface area contributed by atoms with Crippen molar-refractivity contribution in [2.75, 3.05) is 13.7 Å². The number of aliphatic imine (C=N–C) groups is 1. The average molecular weight is 421 g/mol. The molecule has 0 aliphatic carbocycles. The zero-order valence-corrected chi connectivity index (χ0v) is 19.2. The van der Waals surface area contributed by atoms with Crippen molar-refractivity contribution in [1.29, 1.82) is 0 Å². The summed E-state index contributed by atoms with van der Waals surface area (Å²) in [6.07, 6.45) is 10.7. The second-order valence-electron chi connectivity index (χ2n) is 7.49. The standard InChI is InChI=1S/C27H33FN2O/c1-6-8-9-19(3)10-11-21(7-2)18-30-27(29)25-16-23(17-26(31-5)20(25)4)22-12-14-24(28)15-13-22/h7,9-17H,6,8,18H2,1-5H3,(H2,29,30)/b11-10-,19-9+,21-7+. The van der Waals surface area contributed by atoms with Gasteiger partial charge in [-0.25, -0.2) is 4.39 Å². The number of ether oxygens (including phenoxy) is 1. The molecule has 3 nitrogen and oxygen atoms in total. The number of hydrogen-bond acceptors (Lipinski definition) is 2. The minimum Gasteiger partial charge on any atom is -0.496 e. The Labute approximate surface area is 185 Å². The van der Waals surface area contributed by atoms with E-state index in [-0.39, 0.29) is 5.82 Å². The number of hydrogen-bond donors (Lipinski definition) is 1. The van der Waals surface area contributed by atoms with Crippen LogP contribution in [0.4, 0.5) is 4.39 Å². The van der Waals surface area contributed by atoms with Crippen LogP contribution in [0.15, 0.2) is 76.8 Å². The molecule has 0 aliphatic rings. The molecular weight excluding hydrogens is 387 g/mol. The Morgan fingerprint density at radius 2 is 1.84 bits per heavy atom. The first-order valence-corrected chi connectivity index (χ1v) is 10.6. The molecule has 0 fully saturated rings. The largest absolute Gasteiger partial charge is 0.496 e. The van der Waals surface area contributed by atoms with Crippen LogP contribution in [-0.2, 0) is 0 Å². The number of benzene rings is 2. The summed E-state index contributed by atoms with van der Waals surface area (Å²) in [5.74, 6) is 0.902. The van der Waals surface area contributed by atoms with Gasteiger partial charge in [-0.1, -0.05) is 55.4 Å². The topological polar surface area (TPSA) is 47.6 Å². The van der Waals surface area contributed by atoms with E-state index in [2.05, 4.69) is 37.1 Å². The van der Waals surface area contributed by atoms with Gasteiger partial charge in [0.25, 0.3) is 0 Å². The first-order valence-electron chi connectivity index (χ1n) is 10.6. The molecule has 2 N–H and O–H groups in total. The van der Waals surface area contributed by atoms with E-state index < -0.39 is 0 Å². The molecule has 0 heterocycles. The molecule has 0 bridgehead atoms. The summed E-state index contributed by atoms with van der Waals surface area (Å²) < 4.78 is 18.9. The van der Waals surface area contributed by atoms with Crippen molar-refractivity contribution >= 4 is 5.84 Å². The average Bonchev–Trinajstić information content (AvgIpc) is 2.78. The van der Waals surface area contributed by atoms with Crippen LogP contribution in [0.2, 0.25) is 0 Å². The number of halogens is 1. The quantitative estimate of drug-likeness (QED) is 0.277. The van der Waals surface area contributed by atoms with Crippen LogP contribution in [0.5, 0.6) is 5.75 Å². The van der Waals surface area contributed by atoms with Gasteiger partial charge in [0.1, 0.15) is 17.4 Å². The highest BCUT2D eigenvalue weighted by Crippen LogP contribution is 2.30. The predicted octanol–water partition coefficient (Wildman–Crippen LogP) is 6.76. The third-order valence-electron chi connectivity index (χ3n) is 5.15. The highest BCUT2D eigenvalue weighted by atomic mass is 19.1. The number of unbranched alkanes of at least 4 members (excludes halogenated alkanes) is 1. The normalized spacial score (nSPS) is 13.2. The van der Waals surface area contributed by atoms with Crippen molar-refractivity contribution in [3.8, 4) is 16.9 Å². The maximum absolute atomic E-state index is 13.3. The molecule has 0 radical (unpaired) electrons. The van der Waals surface area contributed by atoms with Gasteiger partial charge >= 0.3 is 0 Å². The first kappa shape index (κ1) is 24.1. The summed E-state index contributed by atoms with van der Waals surface area (Å²) in [7, 11) is 1.63. The van der Waals surface area contributed by atoms with Crippen LogP contribution in [0.3, 0.4) is 0 Å². The van der Waals surface area contributed by atoms with E-state index in [0.717, 1.165) is 46.4 Å². The van der Waals surface area contributed by atoms with Crippen LogP contribution in [0, 0.1) is 12.7 Å². The number of methoxy groups -OCH3 is 1. The third kappa shape index (κ3) is 6.95. The van der Waals surface area contributed by atoms with E-state index in [1.807, 2.05) is 32.1 Å². The van der Waals surface area contributed by atoms with Gasteiger partial charge in [0.15, 0.2) is 0 Å². The number of nitrogens with zero attached hydrogens (tertiary/aromatic N) is 1. The van der Waals surface area contributed by atoms with E-state index in [4.69, 9.17) is 10.5 Å². The molecule has 0 spiro atoms. The first-order chi connectivity index (χ1) is 14.9. The van der Waals surface area contributed by atoms with Gasteiger partial charge in [0.05, 0.1) is 13.7 Å². The monoisotopic (exact) mass is 420 g/mol. The van der Waals surface area contributed by atoms with Crippen molar-refractivity contribution in [3.63, 3.8) is 0 Å². The molecule has 0 saturated carbocycles. The van der Waals surface area contributed by atoms with Gasteiger partial charge in [-0.05, 0) is 68.2 Å². The smallest absolute Gasteiger partial charge is 0.126 e. The van der Waals surface area contributed by atoms with Gasteiger partial charge in [0, 0.05) is 11.1 Å². The van der Waals surface area contributed by atoms with Crippen LogP contribution in [0.25, 0.3) is 11.1 Å². The molecular formula is C27H33FN2O. The molecule has 2 aromatic carbocycles. The summed E-state index contributed by atoms with van der Waals surface area (Å²) in [6.45, 7) is 8.73. The molecule has 0 aromatic heterocycles. The lowest BCUT2D eigenvalue weighted by Gasteiger charge is -2.14. The molecule has 2 rings (SSSR count). The molecule has 4 heteroatoms. The van der Waals surface area contributed by atoms with E-state index in [1.54, 1.807) is 19.2 Å². The van der Waals surface area contributed by atoms with Crippen molar-refractivity contribution in [3.05, 3.63) is 88.8 Å². The van der Waals surface area contributed by atoms with Gasteiger partial charge in [-0.15, -0.1) is 0 Å². The zero-order valence-electron chi connectivity index (χ0n) is 19.2. The fourth-order valence-electron chi connectivity index (χ4n) is 3.16. The maximum atomic E-state index is 13.3. The van der Waals surface area contributed by atoms with E-state index in [9.17, 15) is 4.39 Å². The Hall–Kier alpha value is -3.14. The number of amidine groups is 1. The molecule has 2 aromatic rings. The molecule has 0 amide bonds. The molecule has 164 valence electrons. The second kappa shape index (κ2) is 11.9. The third-order valence-corrected chi connectivity index (χ3v) is 5.15. The Balaban J connectivity index is 2.31. The number of nitrogens with two attached hydrogens (primary N) is 1. The Morgan fingerprint density at radius 1 is 1.13 bits per heavy atom. The second-order valence-corrected chi connectivity index (χ2v) is 7.49. The van der Waals surface area contributed by atoms with Gasteiger partial charge in [-0.3, -0.25) is 4.99 Å². The van der Waals surface area contributed by atoms with Crippen LogP contribution < -0.4 is 10.5 Å².